The molecule has 0 radical (unpaired) electrons. The third-order valence-electron chi connectivity index (χ3n) is 2.49. The molecule has 0 unspecified atom stereocenters. The van der Waals surface area contributed by atoms with Crippen molar-refractivity contribution in [3.8, 4) is 0 Å². The van der Waals surface area contributed by atoms with Gasteiger partial charge in [-0.2, -0.15) is 0 Å². The Bertz CT molecular complexity index is 295. The quantitative estimate of drug-likeness (QED) is 0.666. The Hall–Kier alpha value is -1.29. The van der Waals surface area contributed by atoms with Crippen LogP contribution in [0.1, 0.15) is 25.5 Å². The van der Waals surface area contributed by atoms with E-state index in [1.165, 1.54) is 7.11 Å². The molecule has 4 heteroatoms. The molecule has 0 aromatic carbocycles. The summed E-state index contributed by atoms with van der Waals surface area (Å²) < 4.78 is 9.88. The zero-order valence-electron chi connectivity index (χ0n) is 9.94. The van der Waals surface area contributed by atoms with Crippen LogP contribution in [0.15, 0.2) is 22.8 Å². The molecule has 1 aromatic heterocycles. The lowest BCUT2D eigenvalue weighted by molar-refractivity contribution is -0.140. The third-order valence-corrected chi connectivity index (χ3v) is 2.49. The van der Waals surface area contributed by atoms with Crippen molar-refractivity contribution in [1.82, 2.24) is 4.90 Å². The van der Waals surface area contributed by atoms with E-state index in [0.29, 0.717) is 6.42 Å². The number of nitrogens with zero attached hydrogens (tertiary/aromatic N) is 1. The monoisotopic (exact) mass is 225 g/mol. The van der Waals surface area contributed by atoms with Gasteiger partial charge < -0.3 is 9.15 Å². The van der Waals surface area contributed by atoms with Gasteiger partial charge in [0, 0.05) is 6.42 Å². The highest BCUT2D eigenvalue weighted by Gasteiger charge is 2.07. The van der Waals surface area contributed by atoms with E-state index in [1.807, 2.05) is 12.1 Å². The van der Waals surface area contributed by atoms with Crippen LogP contribution in [0.2, 0.25) is 0 Å². The van der Waals surface area contributed by atoms with E-state index >= 15 is 0 Å². The van der Waals surface area contributed by atoms with Crippen LogP contribution >= 0.6 is 0 Å². The van der Waals surface area contributed by atoms with Crippen molar-refractivity contribution in [2.24, 2.45) is 0 Å². The summed E-state index contributed by atoms with van der Waals surface area (Å²) in [5, 5.41) is 0. The molecule has 0 fully saturated rings. The lowest BCUT2D eigenvalue weighted by Gasteiger charge is -2.18. The van der Waals surface area contributed by atoms with E-state index in [1.54, 1.807) is 6.26 Å². The standard InChI is InChI=1S/C12H19NO3/c1-3-13(8-4-7-12(14)15-2)10-11-6-5-9-16-11/h5-6,9H,3-4,7-8,10H2,1-2H3. The average molecular weight is 225 g/mol. The first-order chi connectivity index (χ1) is 7.76. The first kappa shape index (κ1) is 12.8. The molecule has 0 N–H and O–H groups in total. The van der Waals surface area contributed by atoms with Gasteiger partial charge in [-0.05, 0) is 31.6 Å². The highest BCUT2D eigenvalue weighted by molar-refractivity contribution is 5.69. The van der Waals surface area contributed by atoms with Gasteiger partial charge in [0.15, 0.2) is 0 Å². The Balaban J connectivity index is 2.24. The van der Waals surface area contributed by atoms with Gasteiger partial charge in [-0.25, -0.2) is 0 Å². The van der Waals surface area contributed by atoms with Gasteiger partial charge in [0.25, 0.3) is 0 Å². The topological polar surface area (TPSA) is 42.7 Å². The van der Waals surface area contributed by atoms with Gasteiger partial charge in [0.1, 0.15) is 5.76 Å². The number of rotatable bonds is 7. The minimum atomic E-state index is -0.144. The molecule has 1 rings (SSSR count). The van der Waals surface area contributed by atoms with Crippen LogP contribution in [0.3, 0.4) is 0 Å². The van der Waals surface area contributed by atoms with Gasteiger partial charge in [-0.15, -0.1) is 0 Å². The van der Waals surface area contributed by atoms with Crippen LogP contribution in [0, 0.1) is 0 Å². The minimum Gasteiger partial charge on any atom is -0.469 e. The summed E-state index contributed by atoms with van der Waals surface area (Å²) in [7, 11) is 1.42. The van der Waals surface area contributed by atoms with E-state index in [2.05, 4.69) is 16.6 Å². The fraction of sp³-hybridized carbons (Fsp3) is 0.583. The second kappa shape index (κ2) is 7.06. The Labute approximate surface area is 96.2 Å². The molecule has 1 aromatic rings. The maximum absolute atomic E-state index is 10.9. The van der Waals surface area contributed by atoms with Gasteiger partial charge in [0.2, 0.25) is 0 Å². The van der Waals surface area contributed by atoms with Crippen LogP contribution in [0.4, 0.5) is 0 Å². The molecule has 0 spiro atoms. The molecule has 0 atom stereocenters. The number of furan rings is 1. The molecule has 90 valence electrons. The number of hydrogen-bond acceptors (Lipinski definition) is 4. The summed E-state index contributed by atoms with van der Waals surface area (Å²) in [5.74, 6) is 0.814. The van der Waals surface area contributed by atoms with Crippen LogP contribution < -0.4 is 0 Å². The summed E-state index contributed by atoms with van der Waals surface area (Å²) in [6, 6.07) is 3.85. The normalized spacial score (nSPS) is 10.7. The van der Waals surface area contributed by atoms with Crippen molar-refractivity contribution in [2.45, 2.75) is 26.3 Å². The number of methoxy groups -OCH3 is 1. The Kier molecular flexibility index (Phi) is 5.64. The summed E-state index contributed by atoms with van der Waals surface area (Å²) in [6.07, 6.45) is 2.98. The molecule has 0 saturated heterocycles. The Morgan fingerprint density at radius 2 is 2.38 bits per heavy atom. The van der Waals surface area contributed by atoms with Gasteiger partial charge in [-0.3, -0.25) is 9.69 Å². The predicted octanol–water partition coefficient (Wildman–Crippen LogP) is 2.05. The molecular formula is C12H19NO3. The molecule has 0 bridgehead atoms. The summed E-state index contributed by atoms with van der Waals surface area (Å²) >= 11 is 0. The first-order valence-electron chi connectivity index (χ1n) is 5.57. The lowest BCUT2D eigenvalue weighted by Crippen LogP contribution is -2.24. The molecule has 0 saturated carbocycles. The molecular weight excluding hydrogens is 206 g/mol. The number of hydrogen-bond donors (Lipinski definition) is 0. The molecule has 0 aliphatic rings. The van der Waals surface area contributed by atoms with Crippen LogP contribution in [-0.4, -0.2) is 31.1 Å². The van der Waals surface area contributed by atoms with Gasteiger partial charge in [0.05, 0.1) is 19.9 Å². The highest BCUT2D eigenvalue weighted by Crippen LogP contribution is 2.06. The largest absolute Gasteiger partial charge is 0.469 e. The van der Waals surface area contributed by atoms with E-state index in [-0.39, 0.29) is 5.97 Å². The molecule has 1 heterocycles. The van der Waals surface area contributed by atoms with E-state index in [0.717, 1.165) is 31.8 Å². The second-order valence-corrected chi connectivity index (χ2v) is 3.63. The third kappa shape index (κ3) is 4.49. The molecule has 16 heavy (non-hydrogen) atoms. The zero-order chi connectivity index (χ0) is 11.8. The van der Waals surface area contributed by atoms with Crippen molar-refractivity contribution in [2.75, 3.05) is 20.2 Å². The smallest absolute Gasteiger partial charge is 0.305 e. The van der Waals surface area contributed by atoms with Crippen molar-refractivity contribution in [1.29, 1.82) is 0 Å². The number of carbonyl (C=O) groups excluding carboxylic acids is 1. The SMILES string of the molecule is CCN(CCCC(=O)OC)Cc1ccco1. The van der Waals surface area contributed by atoms with Crippen LogP contribution in [-0.2, 0) is 16.1 Å². The Morgan fingerprint density at radius 1 is 1.56 bits per heavy atom. The fourth-order valence-corrected chi connectivity index (χ4v) is 1.52. The predicted molar refractivity (Wildman–Crippen MR) is 60.9 cm³/mol. The van der Waals surface area contributed by atoms with Gasteiger partial charge >= 0.3 is 5.97 Å². The number of carbonyl (C=O) groups is 1. The lowest BCUT2D eigenvalue weighted by atomic mass is 10.3. The number of ether oxygens (including phenoxy) is 1. The summed E-state index contributed by atoms with van der Waals surface area (Å²) in [4.78, 5) is 13.2. The minimum absolute atomic E-state index is 0.144. The van der Waals surface area contributed by atoms with E-state index in [9.17, 15) is 4.79 Å². The van der Waals surface area contributed by atoms with E-state index < -0.39 is 0 Å². The maximum Gasteiger partial charge on any atom is 0.305 e. The van der Waals surface area contributed by atoms with Crippen molar-refractivity contribution in [3.05, 3.63) is 24.2 Å². The van der Waals surface area contributed by atoms with Crippen molar-refractivity contribution >= 4 is 5.97 Å². The average Bonchev–Trinajstić information content (AvgIpc) is 2.80. The molecule has 0 amide bonds. The van der Waals surface area contributed by atoms with E-state index in [4.69, 9.17) is 4.42 Å². The second-order valence-electron chi connectivity index (χ2n) is 3.63. The maximum atomic E-state index is 10.9. The first-order valence-corrected chi connectivity index (χ1v) is 5.57. The summed E-state index contributed by atoms with van der Waals surface area (Å²) in [5.41, 5.74) is 0. The summed E-state index contributed by atoms with van der Waals surface area (Å²) in [6.45, 7) is 4.72. The van der Waals surface area contributed by atoms with Gasteiger partial charge in [-0.1, -0.05) is 6.92 Å². The Morgan fingerprint density at radius 3 is 2.94 bits per heavy atom. The molecule has 0 aliphatic heterocycles. The highest BCUT2D eigenvalue weighted by atomic mass is 16.5. The molecule has 0 aliphatic carbocycles. The van der Waals surface area contributed by atoms with Crippen molar-refractivity contribution in [3.63, 3.8) is 0 Å². The van der Waals surface area contributed by atoms with Crippen LogP contribution in [0.25, 0.3) is 0 Å². The van der Waals surface area contributed by atoms with Crippen LogP contribution in [0.5, 0.6) is 0 Å². The van der Waals surface area contributed by atoms with Crippen molar-refractivity contribution < 1.29 is 13.9 Å². The zero-order valence-corrected chi connectivity index (χ0v) is 9.94. The fourth-order valence-electron chi connectivity index (χ4n) is 1.52. The number of esters is 1. The molecule has 4 nitrogen and oxygen atoms in total.